The van der Waals surface area contributed by atoms with E-state index in [1.807, 2.05) is 18.2 Å². The summed E-state index contributed by atoms with van der Waals surface area (Å²) in [5.41, 5.74) is 1.30. The Morgan fingerprint density at radius 1 is 1.06 bits per heavy atom. The van der Waals surface area contributed by atoms with Crippen LogP contribution in [0.3, 0.4) is 0 Å². The fraction of sp³-hybridized carbons (Fsp3) is 0.348. The Kier molecular flexibility index (Phi) is 8.03. The van der Waals surface area contributed by atoms with Crippen LogP contribution >= 0.6 is 0 Å². The minimum absolute atomic E-state index is 0.123. The smallest absolute Gasteiger partial charge is 0.243 e. The molecule has 33 heavy (non-hydrogen) atoms. The molecule has 0 atom stereocenters. The van der Waals surface area contributed by atoms with E-state index in [1.54, 1.807) is 19.2 Å². The predicted octanol–water partition coefficient (Wildman–Crippen LogP) is 1.40. The summed E-state index contributed by atoms with van der Waals surface area (Å²) in [5, 5.41) is 14.2. The van der Waals surface area contributed by atoms with Crippen LogP contribution in [0.1, 0.15) is 24.0 Å². The van der Waals surface area contributed by atoms with Gasteiger partial charge in [0.05, 0.1) is 30.2 Å². The van der Waals surface area contributed by atoms with Gasteiger partial charge in [0.2, 0.25) is 21.8 Å². The largest absolute Gasteiger partial charge is 0.497 e. The van der Waals surface area contributed by atoms with Gasteiger partial charge in [-0.05, 0) is 54.8 Å². The molecule has 0 radical (unpaired) electrons. The molecule has 2 N–H and O–H groups in total. The van der Waals surface area contributed by atoms with Gasteiger partial charge in [-0.1, -0.05) is 12.1 Å². The van der Waals surface area contributed by atoms with Crippen molar-refractivity contribution in [2.24, 2.45) is 5.92 Å². The highest BCUT2D eigenvalue weighted by atomic mass is 32.2. The third kappa shape index (κ3) is 6.31. The number of piperidine rings is 1. The van der Waals surface area contributed by atoms with Crippen LogP contribution in [0.5, 0.6) is 5.75 Å². The molecule has 1 aliphatic heterocycles. The molecule has 0 aliphatic carbocycles. The van der Waals surface area contributed by atoms with E-state index in [4.69, 9.17) is 10.00 Å². The van der Waals surface area contributed by atoms with E-state index >= 15 is 0 Å². The summed E-state index contributed by atoms with van der Waals surface area (Å²) in [4.78, 5) is 24.6. The van der Waals surface area contributed by atoms with E-state index < -0.39 is 10.0 Å². The van der Waals surface area contributed by atoms with Gasteiger partial charge >= 0.3 is 0 Å². The molecule has 3 rings (SSSR count). The van der Waals surface area contributed by atoms with Crippen LogP contribution in [0, 0.1) is 17.2 Å². The lowest BCUT2D eigenvalue weighted by Gasteiger charge is -2.30. The third-order valence-corrected chi connectivity index (χ3v) is 7.43. The number of benzene rings is 2. The quantitative estimate of drug-likeness (QED) is 0.600. The van der Waals surface area contributed by atoms with Crippen molar-refractivity contribution in [2.75, 3.05) is 26.7 Å². The Morgan fingerprint density at radius 3 is 2.27 bits per heavy atom. The predicted molar refractivity (Wildman–Crippen MR) is 120 cm³/mol. The maximum Gasteiger partial charge on any atom is 0.243 e. The van der Waals surface area contributed by atoms with Gasteiger partial charge in [-0.2, -0.15) is 9.57 Å². The minimum atomic E-state index is -3.68. The summed E-state index contributed by atoms with van der Waals surface area (Å²) >= 11 is 0. The van der Waals surface area contributed by atoms with Gasteiger partial charge in [0, 0.05) is 25.6 Å². The molecule has 174 valence electrons. The molecular formula is C23H26N4O5S. The van der Waals surface area contributed by atoms with Crippen molar-refractivity contribution < 1.29 is 22.7 Å². The molecule has 0 aromatic heterocycles. The third-order valence-electron chi connectivity index (χ3n) is 5.52. The first kappa shape index (κ1) is 24.2. The fourth-order valence-electron chi connectivity index (χ4n) is 3.53. The van der Waals surface area contributed by atoms with Crippen molar-refractivity contribution in [3.63, 3.8) is 0 Å². The Morgan fingerprint density at radius 2 is 1.70 bits per heavy atom. The molecule has 2 amide bonds. The summed E-state index contributed by atoms with van der Waals surface area (Å²) < 4.78 is 32.0. The van der Waals surface area contributed by atoms with Crippen molar-refractivity contribution in [3.8, 4) is 11.8 Å². The number of hydrogen-bond acceptors (Lipinski definition) is 6. The van der Waals surface area contributed by atoms with Crippen molar-refractivity contribution in [3.05, 3.63) is 59.7 Å². The fourth-order valence-corrected chi connectivity index (χ4v) is 5.00. The molecule has 0 spiro atoms. The molecule has 0 bridgehead atoms. The van der Waals surface area contributed by atoms with Gasteiger partial charge in [0.25, 0.3) is 0 Å². The lowest BCUT2D eigenvalue weighted by molar-refractivity contribution is -0.129. The van der Waals surface area contributed by atoms with Gasteiger partial charge in [-0.15, -0.1) is 0 Å². The molecule has 1 fully saturated rings. The Bertz CT molecular complexity index is 1120. The van der Waals surface area contributed by atoms with E-state index in [2.05, 4.69) is 10.6 Å². The number of rotatable bonds is 8. The minimum Gasteiger partial charge on any atom is -0.497 e. The number of carbonyl (C=O) groups is 2. The molecule has 1 saturated heterocycles. The van der Waals surface area contributed by atoms with Crippen LogP contribution in [-0.4, -0.2) is 51.3 Å². The number of methoxy groups -OCH3 is 1. The molecule has 2 aromatic carbocycles. The van der Waals surface area contributed by atoms with Crippen LogP contribution in [0.15, 0.2) is 53.4 Å². The normalized spacial score (nSPS) is 14.8. The number of nitrogens with zero attached hydrogens (tertiary/aromatic N) is 2. The van der Waals surface area contributed by atoms with E-state index in [0.29, 0.717) is 24.9 Å². The molecule has 1 heterocycles. The van der Waals surface area contributed by atoms with Gasteiger partial charge in [-0.3, -0.25) is 9.59 Å². The molecular weight excluding hydrogens is 444 g/mol. The highest BCUT2D eigenvalue weighted by Crippen LogP contribution is 2.24. The SMILES string of the molecule is COc1ccc(CNC(=O)CNC(=O)C2CCN(S(=O)(=O)c3ccc(C#N)cc3)CC2)cc1. The average Bonchev–Trinajstić information content (AvgIpc) is 2.86. The number of sulfonamides is 1. The van der Waals surface area contributed by atoms with Crippen LogP contribution in [0.25, 0.3) is 0 Å². The second-order valence-electron chi connectivity index (χ2n) is 7.66. The van der Waals surface area contributed by atoms with Crippen LogP contribution in [0.2, 0.25) is 0 Å². The summed E-state index contributed by atoms with van der Waals surface area (Å²) in [6.07, 6.45) is 0.740. The van der Waals surface area contributed by atoms with E-state index in [0.717, 1.165) is 11.3 Å². The van der Waals surface area contributed by atoms with E-state index in [-0.39, 0.29) is 42.3 Å². The first-order valence-corrected chi connectivity index (χ1v) is 11.9. The molecule has 1 aliphatic rings. The van der Waals surface area contributed by atoms with Crippen LogP contribution in [-0.2, 0) is 26.2 Å². The van der Waals surface area contributed by atoms with Gasteiger partial charge in [0.15, 0.2) is 0 Å². The summed E-state index contributed by atoms with van der Waals surface area (Å²) in [7, 11) is -2.10. The number of hydrogen-bond donors (Lipinski definition) is 2. The van der Waals surface area contributed by atoms with Crippen molar-refractivity contribution in [2.45, 2.75) is 24.3 Å². The first-order valence-electron chi connectivity index (χ1n) is 10.5. The van der Waals surface area contributed by atoms with Crippen molar-refractivity contribution >= 4 is 21.8 Å². The number of nitriles is 1. The highest BCUT2D eigenvalue weighted by Gasteiger charge is 2.32. The number of nitrogens with one attached hydrogen (secondary N) is 2. The first-order chi connectivity index (χ1) is 15.8. The number of ether oxygens (including phenoxy) is 1. The average molecular weight is 471 g/mol. The molecule has 10 heteroatoms. The summed E-state index contributed by atoms with van der Waals surface area (Å²) in [6.45, 7) is 0.622. The molecule has 9 nitrogen and oxygen atoms in total. The maximum atomic E-state index is 12.8. The van der Waals surface area contributed by atoms with Gasteiger partial charge in [-0.25, -0.2) is 8.42 Å². The van der Waals surface area contributed by atoms with Gasteiger partial charge < -0.3 is 15.4 Å². The highest BCUT2D eigenvalue weighted by molar-refractivity contribution is 7.89. The van der Waals surface area contributed by atoms with E-state index in [1.165, 1.54) is 28.6 Å². The monoisotopic (exact) mass is 470 g/mol. The Labute approximate surface area is 193 Å². The molecule has 2 aromatic rings. The zero-order chi connectivity index (χ0) is 23.8. The summed E-state index contributed by atoms with van der Waals surface area (Å²) in [6, 6.07) is 15.0. The summed E-state index contributed by atoms with van der Waals surface area (Å²) in [5.74, 6) is -0.190. The second kappa shape index (κ2) is 10.9. The molecule has 0 unspecified atom stereocenters. The van der Waals surface area contributed by atoms with Crippen LogP contribution < -0.4 is 15.4 Å². The number of carbonyl (C=O) groups excluding carboxylic acids is 2. The molecule has 0 saturated carbocycles. The number of amides is 2. The zero-order valence-electron chi connectivity index (χ0n) is 18.3. The topological polar surface area (TPSA) is 129 Å². The van der Waals surface area contributed by atoms with E-state index in [9.17, 15) is 18.0 Å². The Balaban J connectivity index is 1.43. The standard InChI is InChI=1S/C23H26N4O5S/c1-32-20-6-2-18(3-7-20)15-25-22(28)16-26-23(29)19-10-12-27(13-11-19)33(30,31)21-8-4-17(14-24)5-9-21/h2-9,19H,10-13,15-16H2,1H3,(H,25,28)(H,26,29). The second-order valence-corrected chi connectivity index (χ2v) is 9.60. The zero-order valence-corrected chi connectivity index (χ0v) is 19.1. The van der Waals surface area contributed by atoms with Crippen LogP contribution in [0.4, 0.5) is 0 Å². The van der Waals surface area contributed by atoms with Gasteiger partial charge in [0.1, 0.15) is 5.75 Å². The van der Waals surface area contributed by atoms with Crippen molar-refractivity contribution in [1.29, 1.82) is 5.26 Å². The lowest BCUT2D eigenvalue weighted by atomic mass is 9.97. The lowest BCUT2D eigenvalue weighted by Crippen LogP contribution is -2.45. The maximum absolute atomic E-state index is 12.8. The Hall–Kier alpha value is -3.42. The van der Waals surface area contributed by atoms with Crippen molar-refractivity contribution in [1.82, 2.24) is 14.9 Å².